The van der Waals surface area contributed by atoms with Gasteiger partial charge in [-0.3, -0.25) is 14.7 Å². The molecule has 1 saturated heterocycles. The minimum Gasteiger partial charge on any atom is -0.497 e. The Morgan fingerprint density at radius 1 is 1.17 bits per heavy atom. The van der Waals surface area contributed by atoms with Crippen LogP contribution in [0.15, 0.2) is 48.5 Å². The van der Waals surface area contributed by atoms with E-state index in [0.717, 1.165) is 29.8 Å². The third-order valence-corrected chi connectivity index (χ3v) is 5.06. The van der Waals surface area contributed by atoms with Gasteiger partial charge in [-0.1, -0.05) is 12.1 Å². The van der Waals surface area contributed by atoms with Crippen molar-refractivity contribution >= 4 is 11.8 Å². The molecule has 1 aliphatic rings. The molecule has 2 heterocycles. The first-order valence-corrected chi connectivity index (χ1v) is 9.83. The van der Waals surface area contributed by atoms with Gasteiger partial charge in [0.15, 0.2) is 5.82 Å². The number of ether oxygens (including phenoxy) is 1. The van der Waals surface area contributed by atoms with Gasteiger partial charge in [-0.15, -0.1) is 0 Å². The van der Waals surface area contributed by atoms with Gasteiger partial charge < -0.3 is 15.0 Å². The molecule has 1 aliphatic heterocycles. The molecular weight excluding hydrogens is 382 g/mol. The van der Waals surface area contributed by atoms with Crippen LogP contribution in [0.3, 0.4) is 0 Å². The molecule has 0 unspecified atom stereocenters. The van der Waals surface area contributed by atoms with E-state index in [4.69, 9.17) is 4.74 Å². The zero-order valence-electron chi connectivity index (χ0n) is 16.7. The van der Waals surface area contributed by atoms with Crippen molar-refractivity contribution in [2.75, 3.05) is 13.7 Å². The molecule has 8 nitrogen and oxygen atoms in total. The molecule has 2 aromatic carbocycles. The maximum atomic E-state index is 12.4. The van der Waals surface area contributed by atoms with Crippen LogP contribution in [-0.2, 0) is 17.9 Å². The summed E-state index contributed by atoms with van der Waals surface area (Å²) in [7, 11) is 1.62. The summed E-state index contributed by atoms with van der Waals surface area (Å²) in [5, 5.41) is 9.89. The Kier molecular flexibility index (Phi) is 5.74. The average Bonchev–Trinajstić information content (AvgIpc) is 3.42. The molecule has 1 aromatic heterocycles. The van der Waals surface area contributed by atoms with Crippen molar-refractivity contribution in [3.8, 4) is 17.1 Å². The maximum absolute atomic E-state index is 12.4. The number of nitrogens with one attached hydrogen (secondary N) is 2. The van der Waals surface area contributed by atoms with Gasteiger partial charge >= 0.3 is 0 Å². The Morgan fingerprint density at radius 2 is 1.93 bits per heavy atom. The quantitative estimate of drug-likeness (QED) is 0.629. The smallest absolute Gasteiger partial charge is 0.251 e. The molecular formula is C22H23N5O3. The summed E-state index contributed by atoms with van der Waals surface area (Å²) in [6.07, 6.45) is 1.55. The van der Waals surface area contributed by atoms with E-state index in [0.29, 0.717) is 30.2 Å². The Morgan fingerprint density at radius 3 is 2.60 bits per heavy atom. The van der Waals surface area contributed by atoms with Crippen molar-refractivity contribution in [1.29, 1.82) is 0 Å². The number of carbonyl (C=O) groups excluding carboxylic acids is 2. The van der Waals surface area contributed by atoms with E-state index in [1.165, 1.54) is 0 Å². The van der Waals surface area contributed by atoms with Crippen LogP contribution < -0.4 is 10.1 Å². The highest BCUT2D eigenvalue weighted by Gasteiger charge is 2.20. The summed E-state index contributed by atoms with van der Waals surface area (Å²) in [4.78, 5) is 30.4. The number of likely N-dealkylation sites (tertiary alicyclic amines) is 1. The van der Waals surface area contributed by atoms with Crippen molar-refractivity contribution in [2.24, 2.45) is 0 Å². The van der Waals surface area contributed by atoms with Crippen LogP contribution in [0.1, 0.15) is 34.6 Å². The first kappa shape index (κ1) is 19.6. The number of hydrogen-bond acceptors (Lipinski definition) is 5. The fourth-order valence-corrected chi connectivity index (χ4v) is 3.36. The lowest BCUT2D eigenvalue weighted by Gasteiger charge is -2.15. The average molecular weight is 405 g/mol. The second kappa shape index (κ2) is 8.77. The van der Waals surface area contributed by atoms with Crippen LogP contribution in [0.4, 0.5) is 0 Å². The Hall–Kier alpha value is -3.68. The molecule has 30 heavy (non-hydrogen) atoms. The molecule has 1 fully saturated rings. The number of rotatable bonds is 7. The van der Waals surface area contributed by atoms with Crippen LogP contribution in [0.5, 0.6) is 5.75 Å². The van der Waals surface area contributed by atoms with E-state index in [1.54, 1.807) is 19.2 Å². The van der Waals surface area contributed by atoms with Crippen LogP contribution >= 0.6 is 0 Å². The molecule has 0 spiro atoms. The van der Waals surface area contributed by atoms with E-state index < -0.39 is 0 Å². The minimum atomic E-state index is -0.193. The monoisotopic (exact) mass is 405 g/mol. The van der Waals surface area contributed by atoms with E-state index in [-0.39, 0.29) is 18.4 Å². The fourth-order valence-electron chi connectivity index (χ4n) is 3.36. The van der Waals surface area contributed by atoms with E-state index in [9.17, 15) is 9.59 Å². The number of nitrogens with zero attached hydrogens (tertiary/aromatic N) is 3. The summed E-state index contributed by atoms with van der Waals surface area (Å²) >= 11 is 0. The first-order chi connectivity index (χ1) is 14.6. The van der Waals surface area contributed by atoms with Gasteiger partial charge in [-0.2, -0.15) is 5.10 Å². The van der Waals surface area contributed by atoms with Gasteiger partial charge in [-0.05, 0) is 48.4 Å². The third kappa shape index (κ3) is 4.48. The fraction of sp³-hybridized carbons (Fsp3) is 0.273. The maximum Gasteiger partial charge on any atom is 0.251 e. The second-order valence-corrected chi connectivity index (χ2v) is 7.13. The highest BCUT2D eigenvalue weighted by molar-refractivity contribution is 5.94. The molecule has 8 heteroatoms. The van der Waals surface area contributed by atoms with Crippen molar-refractivity contribution in [3.63, 3.8) is 0 Å². The number of aromatic amines is 1. The van der Waals surface area contributed by atoms with Crippen LogP contribution in [0.2, 0.25) is 0 Å². The lowest BCUT2D eigenvalue weighted by atomic mass is 10.1. The van der Waals surface area contributed by atoms with Crippen LogP contribution in [0.25, 0.3) is 11.4 Å². The molecule has 2 N–H and O–H groups in total. The van der Waals surface area contributed by atoms with E-state index >= 15 is 0 Å². The Bertz CT molecular complexity index is 1030. The van der Waals surface area contributed by atoms with E-state index in [2.05, 4.69) is 20.5 Å². The predicted molar refractivity (Wildman–Crippen MR) is 111 cm³/mol. The van der Waals surface area contributed by atoms with Crippen molar-refractivity contribution < 1.29 is 14.3 Å². The van der Waals surface area contributed by atoms with Crippen LogP contribution in [-0.4, -0.2) is 45.6 Å². The zero-order chi connectivity index (χ0) is 20.9. The molecule has 0 radical (unpaired) electrons. The molecule has 0 aliphatic carbocycles. The molecule has 3 aromatic rings. The number of carbonyl (C=O) groups is 2. The lowest BCUT2D eigenvalue weighted by molar-refractivity contribution is -0.128. The molecule has 0 atom stereocenters. The second-order valence-electron chi connectivity index (χ2n) is 7.13. The minimum absolute atomic E-state index is 0.192. The van der Waals surface area contributed by atoms with Crippen molar-refractivity contribution in [1.82, 2.24) is 25.4 Å². The first-order valence-electron chi connectivity index (χ1n) is 9.83. The molecule has 154 valence electrons. The molecule has 0 bridgehead atoms. The van der Waals surface area contributed by atoms with Gasteiger partial charge in [0, 0.05) is 30.6 Å². The number of amides is 2. The summed E-state index contributed by atoms with van der Waals surface area (Å²) in [6, 6.07) is 14.8. The Balaban J connectivity index is 1.32. The van der Waals surface area contributed by atoms with Gasteiger partial charge in [0.2, 0.25) is 5.91 Å². The number of aromatic nitrogens is 3. The third-order valence-electron chi connectivity index (χ3n) is 5.06. The van der Waals surface area contributed by atoms with Crippen molar-refractivity contribution in [3.05, 3.63) is 65.5 Å². The number of benzene rings is 2. The topological polar surface area (TPSA) is 100 Å². The van der Waals surface area contributed by atoms with Gasteiger partial charge in [0.1, 0.15) is 11.6 Å². The largest absolute Gasteiger partial charge is 0.497 e. The summed E-state index contributed by atoms with van der Waals surface area (Å²) in [5.41, 5.74) is 2.43. The lowest BCUT2D eigenvalue weighted by Crippen LogP contribution is -2.24. The van der Waals surface area contributed by atoms with Crippen LogP contribution in [0, 0.1) is 0 Å². The van der Waals surface area contributed by atoms with Crippen molar-refractivity contribution in [2.45, 2.75) is 25.9 Å². The predicted octanol–water partition coefficient (Wildman–Crippen LogP) is 2.53. The normalized spacial score (nSPS) is 13.5. The SMILES string of the molecule is COc1ccc(-c2n[nH]c(CNC(=O)c3ccc(CN4CCCC4=O)cc3)n2)cc1. The molecule has 2 amide bonds. The Labute approximate surface area is 174 Å². The standard InChI is InChI=1S/C22H23N5O3/c1-30-18-10-8-16(9-11-18)21-24-19(25-26-21)13-23-22(29)17-6-4-15(5-7-17)14-27-12-2-3-20(27)28/h4-11H,2-3,12-14H2,1H3,(H,23,29)(H,24,25,26). The highest BCUT2D eigenvalue weighted by atomic mass is 16.5. The summed E-state index contributed by atoms with van der Waals surface area (Å²) in [6.45, 7) is 1.63. The van der Waals surface area contributed by atoms with Gasteiger partial charge in [0.05, 0.1) is 13.7 Å². The summed E-state index contributed by atoms with van der Waals surface area (Å²) < 4.78 is 5.15. The number of hydrogen-bond donors (Lipinski definition) is 2. The van der Waals surface area contributed by atoms with Gasteiger partial charge in [-0.25, -0.2) is 4.98 Å². The highest BCUT2D eigenvalue weighted by Crippen LogP contribution is 2.19. The summed E-state index contributed by atoms with van der Waals surface area (Å²) in [5.74, 6) is 1.89. The number of methoxy groups -OCH3 is 1. The zero-order valence-corrected chi connectivity index (χ0v) is 16.7. The van der Waals surface area contributed by atoms with Gasteiger partial charge in [0.25, 0.3) is 5.91 Å². The molecule has 0 saturated carbocycles. The molecule has 4 rings (SSSR count). The number of H-pyrrole nitrogens is 1. The van der Waals surface area contributed by atoms with E-state index in [1.807, 2.05) is 41.3 Å².